The van der Waals surface area contributed by atoms with Gasteiger partial charge in [0.25, 0.3) is 0 Å². The highest BCUT2D eigenvalue weighted by Crippen LogP contribution is 2.41. The lowest BCUT2D eigenvalue weighted by atomic mass is 9.94. The van der Waals surface area contributed by atoms with Crippen LogP contribution in [0.15, 0.2) is 79.1 Å². The number of pyridine rings is 1. The molecular weight excluding hydrogens is 521 g/mol. The van der Waals surface area contributed by atoms with Crippen molar-refractivity contribution in [2.45, 2.75) is 43.4 Å². The molecule has 2 saturated heterocycles. The summed E-state index contributed by atoms with van der Waals surface area (Å²) in [5, 5.41) is 10.2. The summed E-state index contributed by atoms with van der Waals surface area (Å²) in [5.41, 5.74) is 2.89. The monoisotopic (exact) mass is 545 g/mol. The molecule has 6 atom stereocenters. The molecule has 2 aliphatic rings. The minimum atomic E-state index is -0.606. The lowest BCUT2D eigenvalue weighted by Gasteiger charge is -2.49. The van der Waals surface area contributed by atoms with Gasteiger partial charge in [0.1, 0.15) is 18.3 Å². The van der Waals surface area contributed by atoms with Crippen molar-refractivity contribution < 1.29 is 24.1 Å². The molecular formula is C25H24INO5. The lowest BCUT2D eigenvalue weighted by Crippen LogP contribution is -2.59. The minimum Gasteiger partial charge on any atom is -0.394 e. The van der Waals surface area contributed by atoms with E-state index in [1.807, 2.05) is 72.9 Å². The van der Waals surface area contributed by atoms with Crippen LogP contribution in [-0.4, -0.2) is 41.1 Å². The van der Waals surface area contributed by atoms with Crippen LogP contribution in [0.2, 0.25) is 0 Å². The van der Waals surface area contributed by atoms with Crippen LogP contribution in [0.1, 0.15) is 29.3 Å². The lowest BCUT2D eigenvalue weighted by molar-refractivity contribution is -0.384. The Morgan fingerprint density at radius 1 is 0.750 bits per heavy atom. The fourth-order valence-corrected chi connectivity index (χ4v) is 4.72. The maximum Gasteiger partial charge on any atom is 0.184 e. The van der Waals surface area contributed by atoms with Crippen molar-refractivity contribution >= 4 is 22.6 Å². The quantitative estimate of drug-likeness (QED) is 0.486. The number of nitrogens with zero attached hydrogens (tertiary/aromatic N) is 1. The van der Waals surface area contributed by atoms with Gasteiger partial charge in [-0.1, -0.05) is 60.7 Å². The van der Waals surface area contributed by atoms with Crippen LogP contribution >= 0.6 is 22.6 Å². The van der Waals surface area contributed by atoms with Crippen LogP contribution in [0.25, 0.3) is 0 Å². The Bertz CT molecular complexity index is 1020. The summed E-state index contributed by atoms with van der Waals surface area (Å²) in [6.45, 7) is -0.174. The van der Waals surface area contributed by atoms with E-state index in [1.54, 1.807) is 6.20 Å². The number of ether oxygens (including phenoxy) is 4. The second-order valence-corrected chi connectivity index (χ2v) is 9.05. The number of benzene rings is 2. The van der Waals surface area contributed by atoms with E-state index in [2.05, 4.69) is 27.6 Å². The number of halogens is 1. The maximum absolute atomic E-state index is 10.2. The van der Waals surface area contributed by atoms with Crippen LogP contribution < -0.4 is 0 Å². The second-order valence-electron chi connectivity index (χ2n) is 7.89. The summed E-state index contributed by atoms with van der Waals surface area (Å²) in [4.78, 5) is 4.29. The molecule has 0 aliphatic carbocycles. The van der Waals surface area contributed by atoms with Crippen LogP contribution in [0.4, 0.5) is 0 Å². The van der Waals surface area contributed by atoms with Gasteiger partial charge in [0, 0.05) is 33.5 Å². The van der Waals surface area contributed by atoms with Gasteiger partial charge in [-0.25, -0.2) is 0 Å². The molecule has 2 aliphatic heterocycles. The van der Waals surface area contributed by atoms with Crippen molar-refractivity contribution in [1.29, 1.82) is 0 Å². The van der Waals surface area contributed by atoms with E-state index in [4.69, 9.17) is 18.9 Å². The van der Waals surface area contributed by atoms with Crippen molar-refractivity contribution in [3.05, 3.63) is 99.4 Å². The fourth-order valence-electron chi connectivity index (χ4n) is 4.20. The molecule has 1 N–H and O–H groups in total. The Morgan fingerprint density at radius 2 is 1.31 bits per heavy atom. The third kappa shape index (κ3) is 4.59. The van der Waals surface area contributed by atoms with Crippen molar-refractivity contribution in [1.82, 2.24) is 4.98 Å². The van der Waals surface area contributed by atoms with Crippen molar-refractivity contribution in [3.63, 3.8) is 0 Å². The van der Waals surface area contributed by atoms with Crippen molar-refractivity contribution in [3.8, 4) is 0 Å². The molecule has 7 heteroatoms. The van der Waals surface area contributed by atoms with Gasteiger partial charge >= 0.3 is 0 Å². The number of aliphatic hydroxyl groups is 1. The largest absolute Gasteiger partial charge is 0.394 e. The maximum atomic E-state index is 10.2. The first-order valence-corrected chi connectivity index (χ1v) is 11.7. The summed E-state index contributed by atoms with van der Waals surface area (Å²) in [5.74, 6) is 0. The fraction of sp³-hybridized carbons (Fsp3) is 0.320. The van der Waals surface area contributed by atoms with Gasteiger partial charge in [0.05, 0.1) is 12.7 Å². The Hall–Kier alpha value is -1.88. The predicted octanol–water partition coefficient (Wildman–Crippen LogP) is 4.19. The molecule has 2 aromatic carbocycles. The van der Waals surface area contributed by atoms with E-state index in [0.717, 1.165) is 20.3 Å². The molecule has 32 heavy (non-hydrogen) atoms. The number of hydrogen-bond acceptors (Lipinski definition) is 6. The SMILES string of the molecule is OC[C@H]1OC(c2ccccc2)O[C@@H]2[C@@H]1OC(c1ccccc1)O[C@@H]2Cc1cnccc1I. The zero-order valence-corrected chi connectivity index (χ0v) is 19.4. The van der Waals surface area contributed by atoms with E-state index in [-0.39, 0.29) is 12.7 Å². The molecule has 5 rings (SSSR count). The highest BCUT2D eigenvalue weighted by molar-refractivity contribution is 14.1. The first kappa shape index (κ1) is 21.9. The Labute approximate surface area is 200 Å². The topological polar surface area (TPSA) is 70.0 Å². The third-order valence-corrected chi connectivity index (χ3v) is 6.86. The molecule has 166 valence electrons. The van der Waals surface area contributed by atoms with E-state index < -0.39 is 30.9 Å². The zero-order valence-electron chi connectivity index (χ0n) is 17.3. The molecule has 2 unspecified atom stereocenters. The van der Waals surface area contributed by atoms with Gasteiger partial charge in [-0.05, 0) is 34.2 Å². The average Bonchev–Trinajstić information content (AvgIpc) is 2.86. The molecule has 0 bridgehead atoms. The van der Waals surface area contributed by atoms with Gasteiger partial charge < -0.3 is 24.1 Å². The Kier molecular flexibility index (Phi) is 6.82. The van der Waals surface area contributed by atoms with E-state index >= 15 is 0 Å². The zero-order chi connectivity index (χ0) is 21.9. The van der Waals surface area contributed by atoms with Crippen LogP contribution in [0.5, 0.6) is 0 Å². The smallest absolute Gasteiger partial charge is 0.184 e. The highest BCUT2D eigenvalue weighted by Gasteiger charge is 2.50. The molecule has 2 fully saturated rings. The molecule has 3 aromatic rings. The standard InChI is InChI=1S/C25H24INO5/c26-19-11-12-27-14-18(19)13-20-22-23(32-24(29-20)16-7-3-1-4-8-16)21(15-28)30-25(31-22)17-9-5-2-6-10-17/h1-12,14,20-25,28H,13,15H2/t20-,21-,22+,23-,24?,25?/m1/s1. The van der Waals surface area contributed by atoms with E-state index in [0.29, 0.717) is 6.42 Å². The number of aliphatic hydroxyl groups excluding tert-OH is 1. The average molecular weight is 545 g/mol. The molecule has 3 heterocycles. The molecule has 0 saturated carbocycles. The summed E-state index contributed by atoms with van der Waals surface area (Å²) >= 11 is 2.31. The van der Waals surface area contributed by atoms with Gasteiger partial charge in [-0.2, -0.15) is 0 Å². The van der Waals surface area contributed by atoms with E-state index in [9.17, 15) is 5.11 Å². The molecule has 1 aromatic heterocycles. The molecule has 6 nitrogen and oxygen atoms in total. The first-order chi connectivity index (χ1) is 15.7. The number of aromatic nitrogens is 1. The van der Waals surface area contributed by atoms with Crippen LogP contribution in [0, 0.1) is 3.57 Å². The normalized spacial score (nSPS) is 29.9. The summed E-state index contributed by atoms with van der Waals surface area (Å²) in [6.07, 6.45) is 1.34. The van der Waals surface area contributed by atoms with Gasteiger partial charge in [0.2, 0.25) is 0 Å². The van der Waals surface area contributed by atoms with Crippen LogP contribution in [0.3, 0.4) is 0 Å². The molecule has 0 radical (unpaired) electrons. The minimum absolute atomic E-state index is 0.174. The summed E-state index contributed by atoms with van der Waals surface area (Å²) < 4.78 is 26.4. The molecule has 0 amide bonds. The second kappa shape index (κ2) is 9.94. The summed E-state index contributed by atoms with van der Waals surface area (Å²) in [7, 11) is 0. The molecule has 0 spiro atoms. The predicted molar refractivity (Wildman–Crippen MR) is 126 cm³/mol. The van der Waals surface area contributed by atoms with Crippen molar-refractivity contribution in [2.75, 3.05) is 6.61 Å². The Balaban J connectivity index is 1.48. The van der Waals surface area contributed by atoms with Gasteiger partial charge in [-0.15, -0.1) is 0 Å². The van der Waals surface area contributed by atoms with Crippen LogP contribution in [-0.2, 0) is 25.4 Å². The number of fused-ring (bicyclic) bond motifs is 1. The number of hydrogen-bond donors (Lipinski definition) is 1. The van der Waals surface area contributed by atoms with Crippen molar-refractivity contribution in [2.24, 2.45) is 0 Å². The van der Waals surface area contributed by atoms with E-state index in [1.165, 1.54) is 0 Å². The Morgan fingerprint density at radius 3 is 1.88 bits per heavy atom. The summed E-state index contributed by atoms with van der Waals surface area (Å²) in [6, 6.07) is 21.5. The van der Waals surface area contributed by atoms with Gasteiger partial charge in [-0.3, -0.25) is 4.98 Å². The highest BCUT2D eigenvalue weighted by atomic mass is 127. The first-order valence-electron chi connectivity index (χ1n) is 10.6. The van der Waals surface area contributed by atoms with Gasteiger partial charge in [0.15, 0.2) is 12.6 Å². The third-order valence-electron chi connectivity index (χ3n) is 5.80. The number of rotatable bonds is 5.